The number of amides is 3. The Bertz CT molecular complexity index is 1090. The van der Waals surface area contributed by atoms with Gasteiger partial charge in [0, 0.05) is 18.5 Å². The number of carbonyl (C=O) groups excluding carboxylic acids is 3. The second-order valence-electron chi connectivity index (χ2n) is 8.83. The van der Waals surface area contributed by atoms with Crippen molar-refractivity contribution in [2.24, 2.45) is 0 Å². The van der Waals surface area contributed by atoms with Gasteiger partial charge < -0.3 is 9.88 Å². The molecule has 2 fully saturated rings. The van der Waals surface area contributed by atoms with Crippen LogP contribution in [0.3, 0.4) is 0 Å². The molecule has 0 aliphatic carbocycles. The summed E-state index contributed by atoms with van der Waals surface area (Å²) in [6.07, 6.45) is 2.17. The number of benzene rings is 1. The Morgan fingerprint density at radius 1 is 1.12 bits per heavy atom. The molecule has 9 nitrogen and oxygen atoms in total. The molecule has 1 aromatic carbocycles. The molecule has 10 heteroatoms. The number of likely N-dealkylation sites (tertiary alicyclic amines) is 1. The fraction of sp³-hybridized carbons (Fsp3) is 0.500. The molecule has 168 valence electrons. The molecule has 4 heterocycles. The normalized spacial score (nSPS) is 22.4. The second-order valence-corrected chi connectivity index (χ2v) is 8.83. The van der Waals surface area contributed by atoms with Gasteiger partial charge in [0.05, 0.1) is 6.54 Å². The molecule has 3 aliphatic heterocycles. The summed E-state index contributed by atoms with van der Waals surface area (Å²) in [5, 5.41) is 10.4. The van der Waals surface area contributed by atoms with Crippen molar-refractivity contribution in [2.75, 3.05) is 13.1 Å². The van der Waals surface area contributed by atoms with Gasteiger partial charge >= 0.3 is 0 Å². The summed E-state index contributed by atoms with van der Waals surface area (Å²) in [4.78, 5) is 43.7. The molecule has 0 bridgehead atoms. The third-order valence-electron chi connectivity index (χ3n) is 6.70. The molecule has 0 radical (unpaired) electrons. The number of nitrogens with zero attached hydrogens (tertiary/aromatic N) is 4. The molecule has 1 aromatic heterocycles. The minimum atomic E-state index is -0.698. The van der Waals surface area contributed by atoms with Crippen molar-refractivity contribution in [3.05, 3.63) is 46.3 Å². The number of hydrogen-bond acceptors (Lipinski definition) is 6. The number of H-pyrrole nitrogens is 1. The summed E-state index contributed by atoms with van der Waals surface area (Å²) in [6.45, 7) is 4.50. The second kappa shape index (κ2) is 8.09. The van der Waals surface area contributed by atoms with Crippen molar-refractivity contribution in [2.45, 2.75) is 57.7 Å². The van der Waals surface area contributed by atoms with Crippen LogP contribution in [0.1, 0.15) is 64.7 Å². The average Bonchev–Trinajstić information content (AvgIpc) is 3.31. The SMILES string of the molecule is Cc1nnc(CN2CCC(c3cc(F)cc4c3CN(C3CCC(=O)NC3=O)C4=O)CC2)[nH]1. The molecule has 3 aliphatic rings. The third kappa shape index (κ3) is 3.79. The summed E-state index contributed by atoms with van der Waals surface area (Å²) in [5.74, 6) is 0.204. The van der Waals surface area contributed by atoms with E-state index in [9.17, 15) is 18.8 Å². The Labute approximate surface area is 184 Å². The zero-order chi connectivity index (χ0) is 22.4. The molecular weight excluding hydrogens is 415 g/mol. The molecule has 0 saturated carbocycles. The van der Waals surface area contributed by atoms with Crippen molar-refractivity contribution in [1.29, 1.82) is 0 Å². The first kappa shape index (κ1) is 20.7. The largest absolute Gasteiger partial charge is 0.328 e. The summed E-state index contributed by atoms with van der Waals surface area (Å²) in [7, 11) is 0. The lowest BCUT2D eigenvalue weighted by Gasteiger charge is -2.32. The molecule has 32 heavy (non-hydrogen) atoms. The van der Waals surface area contributed by atoms with E-state index in [1.54, 1.807) is 6.07 Å². The summed E-state index contributed by atoms with van der Waals surface area (Å²) in [5.41, 5.74) is 2.01. The van der Waals surface area contributed by atoms with Crippen LogP contribution < -0.4 is 5.32 Å². The van der Waals surface area contributed by atoms with Gasteiger partial charge in [-0.1, -0.05) is 0 Å². The fourth-order valence-electron chi connectivity index (χ4n) is 5.10. The zero-order valence-corrected chi connectivity index (χ0v) is 17.9. The Morgan fingerprint density at radius 3 is 2.59 bits per heavy atom. The molecule has 1 unspecified atom stereocenters. The predicted octanol–water partition coefficient (Wildman–Crippen LogP) is 1.39. The standard InChI is InChI=1S/C22H25FN6O3/c1-12-24-19(27-26-12)11-28-6-4-13(5-7-28)15-8-14(23)9-16-17(15)10-29(22(16)32)18-2-3-20(30)25-21(18)31/h8-9,13,18H,2-7,10-11H2,1H3,(H,24,26,27)(H,25,30,31). The predicted molar refractivity (Wildman–Crippen MR) is 111 cm³/mol. The lowest BCUT2D eigenvalue weighted by Crippen LogP contribution is -2.52. The maximum absolute atomic E-state index is 14.5. The van der Waals surface area contributed by atoms with Crippen molar-refractivity contribution in [1.82, 2.24) is 30.3 Å². The number of aryl methyl sites for hydroxylation is 1. The quantitative estimate of drug-likeness (QED) is 0.695. The van der Waals surface area contributed by atoms with Crippen LogP contribution in [0.2, 0.25) is 0 Å². The minimum absolute atomic E-state index is 0.140. The smallest absolute Gasteiger partial charge is 0.255 e. The number of piperidine rings is 2. The van der Waals surface area contributed by atoms with E-state index in [0.29, 0.717) is 18.5 Å². The van der Waals surface area contributed by atoms with Crippen LogP contribution in [0.5, 0.6) is 0 Å². The van der Waals surface area contributed by atoms with Gasteiger partial charge in [0.1, 0.15) is 23.5 Å². The Balaban J connectivity index is 1.32. The van der Waals surface area contributed by atoms with E-state index in [1.807, 2.05) is 6.92 Å². The molecule has 2 N–H and O–H groups in total. The Morgan fingerprint density at radius 2 is 1.91 bits per heavy atom. The molecule has 0 spiro atoms. The first-order valence-corrected chi connectivity index (χ1v) is 11.0. The van der Waals surface area contributed by atoms with Gasteiger partial charge in [0.2, 0.25) is 11.8 Å². The average molecular weight is 440 g/mol. The van der Waals surface area contributed by atoms with E-state index in [0.717, 1.165) is 48.7 Å². The van der Waals surface area contributed by atoms with Gasteiger partial charge in [-0.25, -0.2) is 4.39 Å². The first-order valence-electron chi connectivity index (χ1n) is 11.0. The number of carbonyl (C=O) groups is 3. The van der Waals surface area contributed by atoms with Crippen molar-refractivity contribution < 1.29 is 18.8 Å². The fourth-order valence-corrected chi connectivity index (χ4v) is 5.10. The molecular formula is C22H25FN6O3. The number of aromatic nitrogens is 3. The van der Waals surface area contributed by atoms with Gasteiger partial charge in [0.15, 0.2) is 0 Å². The number of imide groups is 1. The molecule has 2 saturated heterocycles. The summed E-state index contributed by atoms with van der Waals surface area (Å²) < 4.78 is 14.5. The number of nitrogens with one attached hydrogen (secondary N) is 2. The van der Waals surface area contributed by atoms with E-state index in [1.165, 1.54) is 11.0 Å². The summed E-state index contributed by atoms with van der Waals surface area (Å²) in [6, 6.07) is 2.12. The van der Waals surface area contributed by atoms with Crippen LogP contribution in [0.15, 0.2) is 12.1 Å². The molecule has 2 aromatic rings. The number of hydrogen-bond donors (Lipinski definition) is 2. The van der Waals surface area contributed by atoms with E-state index >= 15 is 0 Å². The maximum Gasteiger partial charge on any atom is 0.255 e. The number of aromatic amines is 1. The van der Waals surface area contributed by atoms with Crippen molar-refractivity contribution >= 4 is 17.7 Å². The van der Waals surface area contributed by atoms with Crippen LogP contribution >= 0.6 is 0 Å². The Kier molecular flexibility index (Phi) is 5.24. The maximum atomic E-state index is 14.5. The van der Waals surface area contributed by atoms with Crippen LogP contribution in [-0.2, 0) is 22.7 Å². The highest BCUT2D eigenvalue weighted by Crippen LogP contribution is 2.37. The van der Waals surface area contributed by atoms with Gasteiger partial charge in [-0.15, -0.1) is 10.2 Å². The highest BCUT2D eigenvalue weighted by atomic mass is 19.1. The molecule has 3 amide bonds. The first-order chi connectivity index (χ1) is 15.4. The van der Waals surface area contributed by atoms with Crippen molar-refractivity contribution in [3.63, 3.8) is 0 Å². The number of fused-ring (bicyclic) bond motifs is 1. The number of rotatable bonds is 4. The number of halogens is 1. The van der Waals surface area contributed by atoms with Crippen molar-refractivity contribution in [3.8, 4) is 0 Å². The third-order valence-corrected chi connectivity index (χ3v) is 6.70. The minimum Gasteiger partial charge on any atom is -0.328 e. The van der Waals surface area contributed by atoms with E-state index < -0.39 is 17.8 Å². The van der Waals surface area contributed by atoms with Gasteiger partial charge in [-0.3, -0.25) is 24.6 Å². The highest BCUT2D eigenvalue weighted by molar-refractivity contribution is 6.05. The summed E-state index contributed by atoms with van der Waals surface area (Å²) >= 11 is 0. The lowest BCUT2D eigenvalue weighted by atomic mass is 9.85. The molecule has 5 rings (SSSR count). The Hall–Kier alpha value is -3.14. The van der Waals surface area contributed by atoms with Gasteiger partial charge in [0.25, 0.3) is 5.91 Å². The van der Waals surface area contributed by atoms with Crippen LogP contribution in [0, 0.1) is 12.7 Å². The van der Waals surface area contributed by atoms with E-state index in [4.69, 9.17) is 0 Å². The topological polar surface area (TPSA) is 111 Å². The van der Waals surface area contributed by atoms with Crippen LogP contribution in [-0.4, -0.2) is 61.8 Å². The van der Waals surface area contributed by atoms with Gasteiger partial charge in [-0.2, -0.15) is 0 Å². The lowest BCUT2D eigenvalue weighted by molar-refractivity contribution is -0.136. The van der Waals surface area contributed by atoms with E-state index in [2.05, 4.69) is 25.4 Å². The monoisotopic (exact) mass is 440 g/mol. The zero-order valence-electron chi connectivity index (χ0n) is 17.9. The highest BCUT2D eigenvalue weighted by Gasteiger charge is 2.41. The van der Waals surface area contributed by atoms with Gasteiger partial charge in [-0.05, 0) is 68.5 Å². The van der Waals surface area contributed by atoms with Crippen LogP contribution in [0.4, 0.5) is 4.39 Å². The van der Waals surface area contributed by atoms with Crippen LogP contribution in [0.25, 0.3) is 0 Å². The molecule has 1 atom stereocenters. The van der Waals surface area contributed by atoms with E-state index in [-0.39, 0.29) is 30.7 Å².